The van der Waals surface area contributed by atoms with Gasteiger partial charge in [0, 0.05) is 18.8 Å². The average Bonchev–Trinajstić information content (AvgIpc) is 3.21. The Kier molecular flexibility index (Phi) is 5.57. The molecular formula is C18H19N5O7. The van der Waals surface area contributed by atoms with Gasteiger partial charge in [-0.1, -0.05) is 0 Å². The van der Waals surface area contributed by atoms with Gasteiger partial charge in [-0.15, -0.1) is 0 Å². The lowest BCUT2D eigenvalue weighted by Crippen LogP contribution is -2.42. The monoisotopic (exact) mass is 417 g/mol. The van der Waals surface area contributed by atoms with Gasteiger partial charge in [0.15, 0.2) is 11.4 Å². The fourth-order valence-electron chi connectivity index (χ4n) is 3.87. The molecule has 0 spiro atoms. The number of carboxylic acid groups (broad SMARTS) is 2. The number of fused-ring (bicyclic) bond motifs is 1. The summed E-state index contributed by atoms with van der Waals surface area (Å²) in [6, 6.07) is 5.12. The maximum absolute atomic E-state index is 11.6. The van der Waals surface area contributed by atoms with Crippen LogP contribution in [0, 0.1) is 23.2 Å². The van der Waals surface area contributed by atoms with Crippen LogP contribution >= 0.6 is 0 Å². The molecule has 0 bridgehead atoms. The Labute approximate surface area is 169 Å². The summed E-state index contributed by atoms with van der Waals surface area (Å²) in [5.41, 5.74) is 4.81. The maximum Gasteiger partial charge on any atom is 0.303 e. The summed E-state index contributed by atoms with van der Waals surface area (Å²) in [4.78, 5) is 38.3. The maximum atomic E-state index is 11.6. The highest BCUT2D eigenvalue weighted by atomic mass is 16.6. The molecule has 0 unspecified atom stereocenters. The fraction of sp³-hybridized carbons (Fsp3) is 0.444. The van der Waals surface area contributed by atoms with Crippen molar-refractivity contribution in [2.75, 3.05) is 12.3 Å². The largest absolute Gasteiger partial charge is 0.481 e. The van der Waals surface area contributed by atoms with Crippen molar-refractivity contribution in [3.8, 4) is 6.07 Å². The van der Waals surface area contributed by atoms with Gasteiger partial charge < -0.3 is 25.4 Å². The van der Waals surface area contributed by atoms with Gasteiger partial charge >= 0.3 is 17.9 Å². The van der Waals surface area contributed by atoms with Gasteiger partial charge in [-0.2, -0.15) is 10.4 Å². The number of aliphatic carboxylic acids is 2. The average molecular weight is 417 g/mol. The number of carboxylic acids is 2. The topological polar surface area (TPSA) is 190 Å². The van der Waals surface area contributed by atoms with Crippen molar-refractivity contribution < 1.29 is 34.1 Å². The lowest BCUT2D eigenvalue weighted by atomic mass is 9.76. The quantitative estimate of drug-likeness (QED) is 0.528. The molecule has 3 rings (SSSR count). The molecular weight excluding hydrogens is 398 g/mol. The van der Waals surface area contributed by atoms with Gasteiger partial charge in [-0.05, 0) is 12.1 Å². The van der Waals surface area contributed by atoms with Crippen LogP contribution in [0.2, 0.25) is 0 Å². The number of hydrogen-bond acceptors (Lipinski definition) is 9. The van der Waals surface area contributed by atoms with E-state index in [-0.39, 0.29) is 5.82 Å². The van der Waals surface area contributed by atoms with Crippen LogP contribution in [0.1, 0.15) is 31.6 Å². The number of esters is 1. The second-order valence-corrected chi connectivity index (χ2v) is 6.99. The fourth-order valence-corrected chi connectivity index (χ4v) is 3.87. The smallest absolute Gasteiger partial charge is 0.303 e. The standard InChI is InChI=1S/C18H19N5O7/c1-9(24)29-7-18(6-19)11(5-15(27)28)10(4-14(25)26)16(30-18)12-2-3-13-17(20)21-8-22-23(12)13/h2-3,8,10-11,16H,4-5,7H2,1H3,(H,25,26)(H,27,28)(H2,20,21,22)/t10-,11-,16-,18+/m0/s1. The third kappa shape index (κ3) is 3.74. The minimum Gasteiger partial charge on any atom is -0.481 e. The number of aromatic nitrogens is 3. The van der Waals surface area contributed by atoms with E-state index in [9.17, 15) is 29.9 Å². The molecule has 12 nitrogen and oxygen atoms in total. The molecule has 0 aliphatic carbocycles. The third-order valence-electron chi connectivity index (χ3n) is 5.13. The zero-order valence-electron chi connectivity index (χ0n) is 15.9. The summed E-state index contributed by atoms with van der Waals surface area (Å²) in [6.45, 7) is 0.600. The van der Waals surface area contributed by atoms with Crippen LogP contribution in [0.25, 0.3) is 5.52 Å². The lowest BCUT2D eigenvalue weighted by molar-refractivity contribution is -0.151. The molecule has 0 radical (unpaired) electrons. The number of nitrogens with two attached hydrogens (primary N) is 1. The number of carbonyl (C=O) groups is 3. The Bertz CT molecular complexity index is 1050. The first-order valence-electron chi connectivity index (χ1n) is 8.92. The van der Waals surface area contributed by atoms with Crippen molar-refractivity contribution in [3.63, 3.8) is 0 Å². The van der Waals surface area contributed by atoms with Crippen molar-refractivity contribution >= 4 is 29.2 Å². The van der Waals surface area contributed by atoms with E-state index in [1.54, 1.807) is 12.1 Å². The van der Waals surface area contributed by atoms with Crippen LogP contribution in [-0.2, 0) is 23.9 Å². The summed E-state index contributed by atoms with van der Waals surface area (Å²) >= 11 is 0. The number of hydrogen-bond donors (Lipinski definition) is 3. The number of nitrogen functional groups attached to an aromatic ring is 1. The predicted octanol–water partition coefficient (Wildman–Crippen LogP) is 0.390. The molecule has 3 heterocycles. The molecule has 1 aliphatic heterocycles. The first-order chi connectivity index (χ1) is 14.2. The predicted molar refractivity (Wildman–Crippen MR) is 97.7 cm³/mol. The van der Waals surface area contributed by atoms with E-state index in [1.807, 2.05) is 6.07 Å². The molecule has 1 fully saturated rings. The molecule has 2 aromatic rings. The molecule has 30 heavy (non-hydrogen) atoms. The van der Waals surface area contributed by atoms with Crippen LogP contribution in [0.15, 0.2) is 18.5 Å². The molecule has 0 amide bonds. The highest BCUT2D eigenvalue weighted by molar-refractivity contribution is 5.70. The first-order valence-corrected chi connectivity index (χ1v) is 8.92. The molecule has 4 atom stereocenters. The summed E-state index contributed by atoms with van der Waals surface area (Å²) in [5, 5.41) is 32.8. The van der Waals surface area contributed by atoms with Gasteiger partial charge in [0.2, 0.25) is 0 Å². The van der Waals surface area contributed by atoms with Gasteiger partial charge in [0.1, 0.15) is 30.6 Å². The third-order valence-corrected chi connectivity index (χ3v) is 5.13. The lowest BCUT2D eigenvalue weighted by Gasteiger charge is -2.27. The molecule has 0 saturated carbocycles. The Morgan fingerprint density at radius 1 is 1.33 bits per heavy atom. The number of anilines is 1. The van der Waals surface area contributed by atoms with Crippen molar-refractivity contribution in [2.45, 2.75) is 31.5 Å². The van der Waals surface area contributed by atoms with Crippen LogP contribution in [0.4, 0.5) is 5.82 Å². The molecule has 2 aromatic heterocycles. The van der Waals surface area contributed by atoms with Crippen molar-refractivity contribution in [2.24, 2.45) is 11.8 Å². The number of ether oxygens (including phenoxy) is 2. The minimum absolute atomic E-state index is 0.178. The summed E-state index contributed by atoms with van der Waals surface area (Å²) in [7, 11) is 0. The van der Waals surface area contributed by atoms with Crippen LogP contribution < -0.4 is 5.73 Å². The Hall–Kier alpha value is -3.72. The summed E-state index contributed by atoms with van der Waals surface area (Å²) < 4.78 is 12.4. The SMILES string of the molecule is CC(=O)OC[C@@]1(C#N)O[C@H](c2ccc3c(N)ncnn23)[C@@H](CC(=O)O)[C@@H]1CC(=O)O. The molecule has 1 aliphatic rings. The highest BCUT2D eigenvalue weighted by Crippen LogP contribution is 2.51. The van der Waals surface area contributed by atoms with Gasteiger partial charge in [-0.25, -0.2) is 9.50 Å². The van der Waals surface area contributed by atoms with E-state index < -0.39 is 60.9 Å². The van der Waals surface area contributed by atoms with E-state index in [4.69, 9.17) is 15.2 Å². The van der Waals surface area contributed by atoms with Crippen LogP contribution in [-0.4, -0.2) is 54.9 Å². The zero-order valence-corrected chi connectivity index (χ0v) is 15.9. The highest BCUT2D eigenvalue weighted by Gasteiger charge is 2.58. The Morgan fingerprint density at radius 2 is 2.03 bits per heavy atom. The van der Waals surface area contributed by atoms with E-state index in [1.165, 1.54) is 10.8 Å². The second kappa shape index (κ2) is 7.96. The van der Waals surface area contributed by atoms with E-state index in [2.05, 4.69) is 10.1 Å². The number of rotatable bonds is 7. The molecule has 4 N–H and O–H groups in total. The zero-order chi connectivity index (χ0) is 22.1. The van der Waals surface area contributed by atoms with Crippen molar-refractivity contribution in [3.05, 3.63) is 24.2 Å². The van der Waals surface area contributed by atoms with E-state index in [0.29, 0.717) is 11.2 Å². The van der Waals surface area contributed by atoms with E-state index >= 15 is 0 Å². The van der Waals surface area contributed by atoms with Crippen molar-refractivity contribution in [1.29, 1.82) is 5.26 Å². The molecule has 158 valence electrons. The Morgan fingerprint density at radius 3 is 2.63 bits per heavy atom. The second-order valence-electron chi connectivity index (χ2n) is 6.99. The number of nitriles is 1. The summed E-state index contributed by atoms with van der Waals surface area (Å²) in [5.74, 6) is -4.92. The molecule has 1 saturated heterocycles. The van der Waals surface area contributed by atoms with Gasteiger partial charge in [0.25, 0.3) is 0 Å². The Balaban J connectivity index is 2.13. The van der Waals surface area contributed by atoms with Crippen LogP contribution in [0.3, 0.4) is 0 Å². The van der Waals surface area contributed by atoms with Gasteiger partial charge in [-0.3, -0.25) is 14.4 Å². The summed E-state index contributed by atoms with van der Waals surface area (Å²) in [6.07, 6.45) is -0.834. The van der Waals surface area contributed by atoms with E-state index in [0.717, 1.165) is 6.92 Å². The van der Waals surface area contributed by atoms with Gasteiger partial charge in [0.05, 0.1) is 18.5 Å². The minimum atomic E-state index is -1.85. The molecule has 0 aromatic carbocycles. The van der Waals surface area contributed by atoms with Crippen molar-refractivity contribution in [1.82, 2.24) is 14.6 Å². The van der Waals surface area contributed by atoms with Crippen LogP contribution in [0.5, 0.6) is 0 Å². The molecule has 12 heteroatoms. The number of carbonyl (C=O) groups excluding carboxylic acids is 1. The first kappa shape index (κ1) is 21.0. The normalized spacial score (nSPS) is 25.7. The number of nitrogens with zero attached hydrogens (tertiary/aromatic N) is 4.